The van der Waals surface area contributed by atoms with Crippen LogP contribution in [0.3, 0.4) is 0 Å². The minimum Gasteiger partial charge on any atom is -0.360 e. The van der Waals surface area contributed by atoms with Crippen molar-refractivity contribution in [2.24, 2.45) is 5.41 Å². The Bertz CT molecular complexity index is 333. The topological polar surface area (TPSA) is 41.1 Å². The standard InChI is InChI=1S/C12H24N4S/c1-6-7-10-14-11(17-15-10)13-8-12(2,3)9-16(4)5/h6-9H2,1-5H3,(H,13,14,15). The molecule has 0 radical (unpaired) electrons. The van der Waals surface area contributed by atoms with Crippen LogP contribution < -0.4 is 5.32 Å². The van der Waals surface area contributed by atoms with E-state index in [4.69, 9.17) is 0 Å². The lowest BCUT2D eigenvalue weighted by atomic mass is 9.93. The molecule has 0 fully saturated rings. The van der Waals surface area contributed by atoms with Crippen LogP contribution in [0.1, 0.15) is 33.0 Å². The van der Waals surface area contributed by atoms with Gasteiger partial charge in [-0.15, -0.1) is 0 Å². The highest BCUT2D eigenvalue weighted by Crippen LogP contribution is 2.19. The Kier molecular flexibility index (Phi) is 5.33. The summed E-state index contributed by atoms with van der Waals surface area (Å²) in [5, 5.41) is 4.33. The maximum Gasteiger partial charge on any atom is 0.202 e. The van der Waals surface area contributed by atoms with E-state index < -0.39 is 0 Å². The van der Waals surface area contributed by atoms with E-state index in [0.29, 0.717) is 0 Å². The van der Waals surface area contributed by atoms with Crippen molar-refractivity contribution in [1.29, 1.82) is 0 Å². The molecule has 1 aromatic rings. The molecule has 0 bridgehead atoms. The molecule has 17 heavy (non-hydrogen) atoms. The highest BCUT2D eigenvalue weighted by molar-refractivity contribution is 7.09. The third-order valence-corrected chi connectivity index (χ3v) is 3.11. The SMILES string of the molecule is CCCc1nsc(NCC(C)(C)CN(C)C)n1. The second kappa shape index (κ2) is 6.31. The zero-order chi connectivity index (χ0) is 12.9. The van der Waals surface area contributed by atoms with E-state index in [0.717, 1.165) is 36.9 Å². The lowest BCUT2D eigenvalue weighted by Gasteiger charge is -2.28. The van der Waals surface area contributed by atoms with Gasteiger partial charge in [-0.05, 0) is 25.9 Å². The van der Waals surface area contributed by atoms with E-state index in [1.54, 1.807) is 0 Å². The minimum absolute atomic E-state index is 0.236. The van der Waals surface area contributed by atoms with Gasteiger partial charge in [-0.3, -0.25) is 0 Å². The number of nitrogens with zero attached hydrogens (tertiary/aromatic N) is 3. The summed E-state index contributed by atoms with van der Waals surface area (Å²) in [6.07, 6.45) is 2.07. The number of hydrogen-bond donors (Lipinski definition) is 1. The van der Waals surface area contributed by atoms with E-state index in [1.807, 2.05) is 0 Å². The normalized spacial score (nSPS) is 12.1. The largest absolute Gasteiger partial charge is 0.360 e. The Balaban J connectivity index is 2.43. The second-order valence-corrected chi connectivity index (χ2v) is 6.27. The first-order valence-corrected chi connectivity index (χ1v) is 6.91. The molecule has 0 atom stereocenters. The van der Waals surface area contributed by atoms with Crippen molar-refractivity contribution in [3.8, 4) is 0 Å². The van der Waals surface area contributed by atoms with Crippen molar-refractivity contribution in [3.05, 3.63) is 5.82 Å². The maximum absolute atomic E-state index is 4.46. The van der Waals surface area contributed by atoms with E-state index in [9.17, 15) is 0 Å². The van der Waals surface area contributed by atoms with Gasteiger partial charge in [-0.2, -0.15) is 4.37 Å². The van der Waals surface area contributed by atoms with Gasteiger partial charge >= 0.3 is 0 Å². The molecule has 0 aromatic carbocycles. The summed E-state index contributed by atoms with van der Waals surface area (Å²) in [6, 6.07) is 0. The Labute approximate surface area is 109 Å². The number of aryl methyl sites for hydroxylation is 1. The number of anilines is 1. The lowest BCUT2D eigenvalue weighted by Crippen LogP contribution is -2.34. The molecular formula is C12H24N4S. The molecule has 0 saturated heterocycles. The van der Waals surface area contributed by atoms with Crippen LogP contribution in [0.4, 0.5) is 5.13 Å². The van der Waals surface area contributed by atoms with Gasteiger partial charge in [0.1, 0.15) is 5.82 Å². The minimum atomic E-state index is 0.236. The quantitative estimate of drug-likeness (QED) is 0.814. The summed E-state index contributed by atoms with van der Waals surface area (Å²) in [7, 11) is 4.21. The van der Waals surface area contributed by atoms with Crippen molar-refractivity contribution < 1.29 is 0 Å². The summed E-state index contributed by atoms with van der Waals surface area (Å²) in [4.78, 5) is 6.68. The van der Waals surface area contributed by atoms with Gasteiger partial charge in [0.2, 0.25) is 5.13 Å². The predicted octanol–water partition coefficient (Wildman–Crippen LogP) is 2.49. The van der Waals surface area contributed by atoms with Gasteiger partial charge in [0.05, 0.1) is 0 Å². The molecule has 0 saturated carbocycles. The zero-order valence-electron chi connectivity index (χ0n) is 11.6. The Hall–Kier alpha value is -0.680. The van der Waals surface area contributed by atoms with Crippen molar-refractivity contribution in [3.63, 3.8) is 0 Å². The van der Waals surface area contributed by atoms with Crippen molar-refractivity contribution >= 4 is 16.7 Å². The third-order valence-electron chi connectivity index (χ3n) is 2.40. The monoisotopic (exact) mass is 256 g/mol. The molecule has 0 amide bonds. The molecule has 1 heterocycles. The highest BCUT2D eigenvalue weighted by Gasteiger charge is 2.19. The van der Waals surface area contributed by atoms with Crippen LogP contribution in [0, 0.1) is 5.41 Å². The predicted molar refractivity (Wildman–Crippen MR) is 74.7 cm³/mol. The molecule has 98 valence electrons. The molecule has 0 aliphatic rings. The molecule has 1 N–H and O–H groups in total. The average molecular weight is 256 g/mol. The maximum atomic E-state index is 4.46. The van der Waals surface area contributed by atoms with Crippen LogP contribution in [-0.4, -0.2) is 41.4 Å². The average Bonchev–Trinajstić information content (AvgIpc) is 2.62. The molecular weight excluding hydrogens is 232 g/mol. The summed E-state index contributed by atoms with van der Waals surface area (Å²) >= 11 is 1.46. The Morgan fingerprint density at radius 1 is 1.35 bits per heavy atom. The summed E-state index contributed by atoms with van der Waals surface area (Å²) < 4.78 is 4.33. The van der Waals surface area contributed by atoms with Gasteiger partial charge in [0.25, 0.3) is 0 Å². The van der Waals surface area contributed by atoms with Crippen LogP contribution in [0.15, 0.2) is 0 Å². The third kappa shape index (κ3) is 5.46. The van der Waals surface area contributed by atoms with Crippen LogP contribution in [-0.2, 0) is 6.42 Å². The molecule has 4 nitrogen and oxygen atoms in total. The summed E-state index contributed by atoms with van der Waals surface area (Å²) in [6.45, 7) is 8.64. The molecule has 0 aliphatic heterocycles. The van der Waals surface area contributed by atoms with Gasteiger partial charge < -0.3 is 10.2 Å². The van der Waals surface area contributed by atoms with Crippen molar-refractivity contribution in [2.75, 3.05) is 32.5 Å². The molecule has 1 aromatic heterocycles. The van der Waals surface area contributed by atoms with Crippen LogP contribution in [0.5, 0.6) is 0 Å². The molecule has 0 unspecified atom stereocenters. The van der Waals surface area contributed by atoms with Gasteiger partial charge in [0.15, 0.2) is 0 Å². The van der Waals surface area contributed by atoms with Crippen LogP contribution in [0.2, 0.25) is 0 Å². The van der Waals surface area contributed by atoms with Gasteiger partial charge in [-0.25, -0.2) is 4.98 Å². The number of aromatic nitrogens is 2. The van der Waals surface area contributed by atoms with Crippen molar-refractivity contribution in [1.82, 2.24) is 14.3 Å². The summed E-state index contributed by atoms with van der Waals surface area (Å²) in [5.41, 5.74) is 0.236. The smallest absolute Gasteiger partial charge is 0.202 e. The molecule has 5 heteroatoms. The first-order chi connectivity index (χ1) is 7.93. The van der Waals surface area contributed by atoms with Crippen LogP contribution >= 0.6 is 11.5 Å². The fourth-order valence-corrected chi connectivity index (χ4v) is 2.48. The fourth-order valence-electron chi connectivity index (χ4n) is 1.88. The Morgan fingerprint density at radius 3 is 2.65 bits per heavy atom. The fraction of sp³-hybridized carbons (Fsp3) is 0.833. The first kappa shape index (κ1) is 14.4. The van der Waals surface area contributed by atoms with Crippen LogP contribution in [0.25, 0.3) is 0 Å². The van der Waals surface area contributed by atoms with E-state index in [-0.39, 0.29) is 5.41 Å². The zero-order valence-corrected chi connectivity index (χ0v) is 12.4. The number of nitrogens with one attached hydrogen (secondary N) is 1. The van der Waals surface area contributed by atoms with Gasteiger partial charge in [0, 0.05) is 31.0 Å². The second-order valence-electron chi connectivity index (χ2n) is 5.52. The van der Waals surface area contributed by atoms with E-state index in [1.165, 1.54) is 11.5 Å². The molecule has 1 rings (SSSR count). The highest BCUT2D eigenvalue weighted by atomic mass is 32.1. The van der Waals surface area contributed by atoms with E-state index in [2.05, 4.69) is 54.4 Å². The van der Waals surface area contributed by atoms with Gasteiger partial charge in [-0.1, -0.05) is 20.8 Å². The Morgan fingerprint density at radius 2 is 2.06 bits per heavy atom. The molecule has 0 spiro atoms. The summed E-state index contributed by atoms with van der Waals surface area (Å²) in [5.74, 6) is 0.963. The number of hydrogen-bond acceptors (Lipinski definition) is 5. The van der Waals surface area contributed by atoms with Crippen molar-refractivity contribution in [2.45, 2.75) is 33.6 Å². The first-order valence-electron chi connectivity index (χ1n) is 6.14. The number of rotatable bonds is 7. The van der Waals surface area contributed by atoms with E-state index >= 15 is 0 Å². The molecule has 0 aliphatic carbocycles. The lowest BCUT2D eigenvalue weighted by molar-refractivity contribution is 0.254.